The van der Waals surface area contributed by atoms with Crippen LogP contribution >= 0.6 is 12.4 Å². The van der Waals surface area contributed by atoms with E-state index in [-0.39, 0.29) is 18.2 Å². The van der Waals surface area contributed by atoms with Crippen molar-refractivity contribution >= 4 is 22.4 Å². The molecule has 0 amide bonds. The third-order valence-electron chi connectivity index (χ3n) is 4.62. The lowest BCUT2D eigenvalue weighted by atomic mass is 10.2. The quantitative estimate of drug-likeness (QED) is 0.848. The zero-order valence-corrected chi connectivity index (χ0v) is 15.2. The van der Waals surface area contributed by atoms with E-state index in [0.29, 0.717) is 30.3 Å². The summed E-state index contributed by atoms with van der Waals surface area (Å²) in [5, 5.41) is 12.3. The second kappa shape index (κ2) is 8.28. The van der Waals surface area contributed by atoms with Gasteiger partial charge in [-0.25, -0.2) is 8.42 Å². The number of nitrogens with zero attached hydrogens (tertiary/aromatic N) is 3. The number of hydrogen-bond donors (Lipinski definition) is 1. The number of nitriles is 1. The van der Waals surface area contributed by atoms with Crippen molar-refractivity contribution in [1.82, 2.24) is 14.5 Å². The third kappa shape index (κ3) is 4.47. The van der Waals surface area contributed by atoms with Crippen LogP contribution in [0.15, 0.2) is 24.3 Å². The number of sulfonamides is 1. The second-order valence-electron chi connectivity index (χ2n) is 6.15. The lowest BCUT2D eigenvalue weighted by Gasteiger charge is -2.37. The van der Waals surface area contributed by atoms with Crippen molar-refractivity contribution in [1.29, 1.82) is 5.26 Å². The molecule has 2 aliphatic rings. The van der Waals surface area contributed by atoms with E-state index in [2.05, 4.69) is 10.2 Å². The van der Waals surface area contributed by atoms with E-state index in [9.17, 15) is 8.42 Å². The summed E-state index contributed by atoms with van der Waals surface area (Å²) in [5.41, 5.74) is 1.17. The van der Waals surface area contributed by atoms with Gasteiger partial charge in [0.05, 0.1) is 17.4 Å². The van der Waals surface area contributed by atoms with Crippen LogP contribution in [0.5, 0.6) is 0 Å². The van der Waals surface area contributed by atoms with E-state index in [4.69, 9.17) is 5.26 Å². The lowest BCUT2D eigenvalue weighted by Crippen LogP contribution is -2.52. The summed E-state index contributed by atoms with van der Waals surface area (Å²) in [7, 11) is -3.33. The standard InChI is InChI=1S/C16H22N4O2S.ClH/c17-11-14-2-1-3-15(10-14)13-23(21,22)20-8-6-19(7-9-20)16-4-5-18-12-16;/h1-3,10,16,18H,4-9,12-13H2;1H. The van der Waals surface area contributed by atoms with Gasteiger partial charge in [0.1, 0.15) is 0 Å². The Kier molecular flexibility index (Phi) is 6.61. The van der Waals surface area contributed by atoms with E-state index in [1.54, 1.807) is 28.6 Å². The molecule has 1 N–H and O–H groups in total. The number of piperazine rings is 1. The van der Waals surface area contributed by atoms with Crippen LogP contribution in [0.25, 0.3) is 0 Å². The summed E-state index contributed by atoms with van der Waals surface area (Å²) in [6.45, 7) is 4.76. The fourth-order valence-corrected chi connectivity index (χ4v) is 4.83. The molecule has 1 aromatic rings. The Morgan fingerprint density at radius 2 is 2.00 bits per heavy atom. The molecule has 1 atom stereocenters. The molecular formula is C16H23ClN4O2S. The molecule has 3 rings (SSSR count). The maximum atomic E-state index is 12.6. The molecule has 2 fully saturated rings. The summed E-state index contributed by atoms with van der Waals surface area (Å²) in [6.07, 6.45) is 1.15. The van der Waals surface area contributed by atoms with Gasteiger partial charge in [-0.3, -0.25) is 4.90 Å². The minimum atomic E-state index is -3.33. The molecule has 0 saturated carbocycles. The van der Waals surface area contributed by atoms with Crippen molar-refractivity contribution in [3.05, 3.63) is 35.4 Å². The smallest absolute Gasteiger partial charge is 0.218 e. The molecule has 0 aliphatic carbocycles. The molecule has 1 unspecified atom stereocenters. The highest BCUT2D eigenvalue weighted by Gasteiger charge is 2.31. The molecule has 0 aromatic heterocycles. The number of hydrogen-bond acceptors (Lipinski definition) is 5. The molecule has 2 aliphatic heterocycles. The van der Waals surface area contributed by atoms with E-state index in [1.807, 2.05) is 6.07 Å². The van der Waals surface area contributed by atoms with Crippen LogP contribution in [-0.4, -0.2) is 62.9 Å². The molecule has 24 heavy (non-hydrogen) atoms. The molecule has 2 saturated heterocycles. The van der Waals surface area contributed by atoms with Gasteiger partial charge in [0.15, 0.2) is 0 Å². The van der Waals surface area contributed by atoms with Crippen LogP contribution in [0.4, 0.5) is 0 Å². The minimum absolute atomic E-state index is 0. The zero-order valence-electron chi connectivity index (χ0n) is 13.5. The molecule has 0 spiro atoms. The van der Waals surface area contributed by atoms with Gasteiger partial charge in [-0.1, -0.05) is 12.1 Å². The monoisotopic (exact) mass is 370 g/mol. The van der Waals surface area contributed by atoms with Crippen molar-refractivity contribution in [2.24, 2.45) is 0 Å². The Labute approximate surface area is 149 Å². The first kappa shape index (κ1) is 19.2. The second-order valence-corrected chi connectivity index (χ2v) is 8.12. The summed E-state index contributed by atoms with van der Waals surface area (Å²) in [4.78, 5) is 2.39. The van der Waals surface area contributed by atoms with E-state index in [1.165, 1.54) is 0 Å². The highest BCUT2D eigenvalue weighted by atomic mass is 35.5. The molecular weight excluding hydrogens is 348 g/mol. The van der Waals surface area contributed by atoms with Crippen LogP contribution in [0.3, 0.4) is 0 Å². The summed E-state index contributed by atoms with van der Waals surface area (Å²) < 4.78 is 26.8. The summed E-state index contributed by atoms with van der Waals surface area (Å²) >= 11 is 0. The van der Waals surface area contributed by atoms with Crippen LogP contribution in [0.2, 0.25) is 0 Å². The van der Waals surface area contributed by atoms with E-state index < -0.39 is 10.0 Å². The topological polar surface area (TPSA) is 76.4 Å². The van der Waals surface area contributed by atoms with Gasteiger partial charge < -0.3 is 5.32 Å². The van der Waals surface area contributed by atoms with Crippen LogP contribution in [0.1, 0.15) is 17.5 Å². The average molecular weight is 371 g/mol. The van der Waals surface area contributed by atoms with Crippen LogP contribution in [0, 0.1) is 11.3 Å². The highest BCUT2D eigenvalue weighted by Crippen LogP contribution is 2.17. The molecule has 1 aromatic carbocycles. The highest BCUT2D eigenvalue weighted by molar-refractivity contribution is 7.88. The van der Waals surface area contributed by atoms with Crippen molar-refractivity contribution in [3.8, 4) is 6.07 Å². The number of halogens is 1. The first-order valence-electron chi connectivity index (χ1n) is 8.00. The van der Waals surface area contributed by atoms with Gasteiger partial charge >= 0.3 is 0 Å². The predicted molar refractivity (Wildman–Crippen MR) is 95.4 cm³/mol. The van der Waals surface area contributed by atoms with Gasteiger partial charge in [-0.2, -0.15) is 9.57 Å². The Balaban J connectivity index is 0.00000208. The van der Waals surface area contributed by atoms with Crippen molar-refractivity contribution < 1.29 is 8.42 Å². The lowest BCUT2D eigenvalue weighted by molar-refractivity contribution is 0.145. The molecule has 8 heteroatoms. The maximum Gasteiger partial charge on any atom is 0.218 e. The largest absolute Gasteiger partial charge is 0.315 e. The predicted octanol–water partition coefficient (Wildman–Crippen LogP) is 0.789. The third-order valence-corrected chi connectivity index (χ3v) is 6.47. The Morgan fingerprint density at radius 1 is 1.25 bits per heavy atom. The first-order valence-corrected chi connectivity index (χ1v) is 9.61. The van der Waals surface area contributed by atoms with Crippen molar-refractivity contribution in [2.45, 2.75) is 18.2 Å². The van der Waals surface area contributed by atoms with E-state index in [0.717, 1.165) is 32.6 Å². The van der Waals surface area contributed by atoms with Gasteiger partial charge in [0.2, 0.25) is 10.0 Å². The minimum Gasteiger partial charge on any atom is -0.315 e. The number of rotatable bonds is 4. The van der Waals surface area contributed by atoms with Crippen molar-refractivity contribution in [2.75, 3.05) is 39.3 Å². The normalized spacial score (nSPS) is 22.7. The van der Waals surface area contributed by atoms with Crippen LogP contribution < -0.4 is 5.32 Å². The average Bonchev–Trinajstić information content (AvgIpc) is 3.09. The maximum absolute atomic E-state index is 12.6. The van der Waals surface area contributed by atoms with Gasteiger partial charge in [-0.05, 0) is 30.7 Å². The fourth-order valence-electron chi connectivity index (χ4n) is 3.33. The zero-order chi connectivity index (χ0) is 16.3. The number of nitrogens with one attached hydrogen (secondary N) is 1. The molecule has 0 bridgehead atoms. The van der Waals surface area contributed by atoms with Crippen LogP contribution in [-0.2, 0) is 15.8 Å². The molecule has 0 radical (unpaired) electrons. The van der Waals surface area contributed by atoms with Crippen molar-refractivity contribution in [3.63, 3.8) is 0 Å². The summed E-state index contributed by atoms with van der Waals surface area (Å²) in [6, 6.07) is 9.43. The Morgan fingerprint density at radius 3 is 2.62 bits per heavy atom. The fraction of sp³-hybridized carbons (Fsp3) is 0.562. The summed E-state index contributed by atoms with van der Waals surface area (Å²) in [5.74, 6) is -0.0342. The van der Waals surface area contributed by atoms with Gasteiger partial charge in [-0.15, -0.1) is 12.4 Å². The molecule has 2 heterocycles. The first-order chi connectivity index (χ1) is 11.1. The molecule has 6 nitrogen and oxygen atoms in total. The Bertz CT molecular complexity index is 690. The number of benzene rings is 1. The Hall–Kier alpha value is -1.17. The SMILES string of the molecule is Cl.N#Cc1cccc(CS(=O)(=O)N2CCN(C3CCNC3)CC2)c1. The van der Waals surface area contributed by atoms with Gasteiger partial charge in [0, 0.05) is 38.8 Å². The van der Waals surface area contributed by atoms with Gasteiger partial charge in [0.25, 0.3) is 0 Å². The molecule has 132 valence electrons. The van der Waals surface area contributed by atoms with E-state index >= 15 is 0 Å².